The van der Waals surface area contributed by atoms with Gasteiger partial charge in [-0.05, 0) is 17.5 Å². The van der Waals surface area contributed by atoms with E-state index in [2.05, 4.69) is 6.07 Å². The molecule has 0 bridgehead atoms. The molecule has 1 atom stereocenters. The third-order valence-electron chi connectivity index (χ3n) is 2.98. The van der Waals surface area contributed by atoms with Crippen LogP contribution in [0.3, 0.4) is 0 Å². The maximum Gasteiger partial charge on any atom is 0.315 e. The number of carbonyl (C=O) groups excluding carboxylic acids is 1. The lowest BCUT2D eigenvalue weighted by Gasteiger charge is -2.34. The Balaban J connectivity index is 2.40. The largest absolute Gasteiger partial charge is 0.351 e. The number of urea groups is 1. The van der Waals surface area contributed by atoms with Crippen LogP contribution in [0.2, 0.25) is 0 Å². The van der Waals surface area contributed by atoms with Gasteiger partial charge in [-0.3, -0.25) is 0 Å². The van der Waals surface area contributed by atoms with Crippen LogP contribution >= 0.6 is 0 Å². The molecule has 0 fully saturated rings. The van der Waals surface area contributed by atoms with E-state index in [4.69, 9.17) is 11.0 Å². The number of fused-ring (bicyclic) bond motifs is 1. The SMILES string of the molecule is N#CC[C@H]1c2ccccc2CCN1C(N)=O. The Hall–Kier alpha value is -2.02. The van der Waals surface area contributed by atoms with Crippen LogP contribution in [0.25, 0.3) is 0 Å². The fourth-order valence-corrected chi connectivity index (χ4v) is 2.22. The summed E-state index contributed by atoms with van der Waals surface area (Å²) in [6.45, 7) is 0.596. The lowest BCUT2D eigenvalue weighted by molar-refractivity contribution is 0.179. The first-order chi connectivity index (χ1) is 7.74. The minimum absolute atomic E-state index is 0.188. The number of nitrogens with zero attached hydrogens (tertiary/aromatic N) is 2. The third-order valence-corrected chi connectivity index (χ3v) is 2.98. The molecule has 0 unspecified atom stereocenters. The lowest BCUT2D eigenvalue weighted by Crippen LogP contribution is -2.43. The number of carbonyl (C=O) groups is 1. The number of rotatable bonds is 1. The van der Waals surface area contributed by atoms with Crippen LogP contribution in [0, 0.1) is 11.3 Å². The van der Waals surface area contributed by atoms with Crippen LogP contribution in [0.15, 0.2) is 24.3 Å². The van der Waals surface area contributed by atoms with Gasteiger partial charge in [-0.15, -0.1) is 0 Å². The number of amides is 2. The van der Waals surface area contributed by atoms with Crippen molar-refractivity contribution in [1.82, 2.24) is 4.90 Å². The van der Waals surface area contributed by atoms with E-state index in [0.29, 0.717) is 13.0 Å². The average molecular weight is 215 g/mol. The van der Waals surface area contributed by atoms with Crippen molar-refractivity contribution in [2.75, 3.05) is 6.54 Å². The number of benzene rings is 1. The van der Waals surface area contributed by atoms with Crippen molar-refractivity contribution in [3.8, 4) is 6.07 Å². The van der Waals surface area contributed by atoms with E-state index in [9.17, 15) is 4.79 Å². The molecule has 1 aliphatic heterocycles. The van der Waals surface area contributed by atoms with Crippen LogP contribution in [0.4, 0.5) is 4.79 Å². The van der Waals surface area contributed by atoms with Gasteiger partial charge in [-0.2, -0.15) is 5.26 Å². The van der Waals surface area contributed by atoms with Gasteiger partial charge in [0.15, 0.2) is 0 Å². The maximum absolute atomic E-state index is 11.3. The van der Waals surface area contributed by atoms with Crippen LogP contribution < -0.4 is 5.73 Å². The zero-order chi connectivity index (χ0) is 11.5. The number of hydrogen-bond acceptors (Lipinski definition) is 2. The van der Waals surface area contributed by atoms with Crippen LogP contribution in [0.5, 0.6) is 0 Å². The minimum atomic E-state index is -0.449. The second-order valence-electron chi connectivity index (χ2n) is 3.86. The summed E-state index contributed by atoms with van der Waals surface area (Å²) in [6, 6.07) is 9.38. The van der Waals surface area contributed by atoms with Gasteiger partial charge in [0, 0.05) is 6.54 Å². The van der Waals surface area contributed by atoms with E-state index in [1.165, 1.54) is 5.56 Å². The highest BCUT2D eigenvalue weighted by atomic mass is 16.2. The third kappa shape index (κ3) is 1.72. The molecule has 1 aromatic carbocycles. The molecule has 0 saturated heterocycles. The lowest BCUT2D eigenvalue weighted by atomic mass is 9.91. The molecule has 82 valence electrons. The number of nitrogens with two attached hydrogens (primary N) is 1. The molecule has 1 aliphatic rings. The molecule has 0 saturated carbocycles. The smallest absolute Gasteiger partial charge is 0.315 e. The predicted molar refractivity (Wildman–Crippen MR) is 59.4 cm³/mol. The fraction of sp³-hybridized carbons (Fsp3) is 0.333. The van der Waals surface area contributed by atoms with Gasteiger partial charge in [0.1, 0.15) is 0 Å². The van der Waals surface area contributed by atoms with Crippen molar-refractivity contribution in [2.45, 2.75) is 18.9 Å². The fourth-order valence-electron chi connectivity index (χ4n) is 2.22. The summed E-state index contributed by atoms with van der Waals surface area (Å²) in [4.78, 5) is 12.9. The summed E-state index contributed by atoms with van der Waals surface area (Å²) in [5.41, 5.74) is 7.58. The molecule has 2 N–H and O–H groups in total. The highest BCUT2D eigenvalue weighted by Crippen LogP contribution is 2.31. The maximum atomic E-state index is 11.3. The molecule has 0 aromatic heterocycles. The first kappa shape index (κ1) is 10.5. The van der Waals surface area contributed by atoms with E-state index in [-0.39, 0.29) is 6.04 Å². The second-order valence-corrected chi connectivity index (χ2v) is 3.86. The van der Waals surface area contributed by atoms with Crippen LogP contribution in [-0.4, -0.2) is 17.5 Å². The molecule has 2 rings (SSSR count). The van der Waals surface area contributed by atoms with Crippen molar-refractivity contribution in [1.29, 1.82) is 5.26 Å². The summed E-state index contributed by atoms with van der Waals surface area (Å²) in [5.74, 6) is 0. The van der Waals surface area contributed by atoms with Crippen molar-refractivity contribution >= 4 is 6.03 Å². The second kappa shape index (κ2) is 4.23. The Bertz CT molecular complexity index is 450. The summed E-state index contributed by atoms with van der Waals surface area (Å²) in [7, 11) is 0. The molecule has 0 radical (unpaired) electrons. The highest BCUT2D eigenvalue weighted by Gasteiger charge is 2.28. The van der Waals surface area contributed by atoms with Gasteiger partial charge in [-0.1, -0.05) is 24.3 Å². The van der Waals surface area contributed by atoms with E-state index in [0.717, 1.165) is 12.0 Å². The van der Waals surface area contributed by atoms with Gasteiger partial charge < -0.3 is 10.6 Å². The first-order valence-electron chi connectivity index (χ1n) is 5.25. The van der Waals surface area contributed by atoms with E-state index >= 15 is 0 Å². The Kier molecular flexibility index (Phi) is 2.78. The van der Waals surface area contributed by atoms with Crippen molar-refractivity contribution < 1.29 is 4.79 Å². The first-order valence-corrected chi connectivity index (χ1v) is 5.25. The number of primary amides is 1. The van der Waals surface area contributed by atoms with Gasteiger partial charge in [0.25, 0.3) is 0 Å². The summed E-state index contributed by atoms with van der Waals surface area (Å²) < 4.78 is 0. The molecular formula is C12H13N3O. The van der Waals surface area contributed by atoms with E-state index in [1.54, 1.807) is 4.90 Å². The van der Waals surface area contributed by atoms with Crippen LogP contribution in [-0.2, 0) is 6.42 Å². The Morgan fingerprint density at radius 3 is 3.00 bits per heavy atom. The van der Waals surface area contributed by atoms with Gasteiger partial charge >= 0.3 is 6.03 Å². The molecule has 4 heteroatoms. The highest BCUT2D eigenvalue weighted by molar-refractivity contribution is 5.73. The molecule has 0 aliphatic carbocycles. The van der Waals surface area contributed by atoms with Gasteiger partial charge in [-0.25, -0.2) is 4.79 Å². The van der Waals surface area contributed by atoms with E-state index < -0.39 is 6.03 Å². The Labute approximate surface area is 94.3 Å². The average Bonchev–Trinajstić information content (AvgIpc) is 2.29. The molecule has 0 spiro atoms. The molecule has 1 heterocycles. The quantitative estimate of drug-likeness (QED) is 0.772. The normalized spacial score (nSPS) is 18.7. The van der Waals surface area contributed by atoms with Crippen molar-refractivity contribution in [3.63, 3.8) is 0 Å². The molecular weight excluding hydrogens is 202 g/mol. The summed E-state index contributed by atoms with van der Waals surface area (Å²) in [5, 5.41) is 8.81. The number of nitriles is 1. The summed E-state index contributed by atoms with van der Waals surface area (Å²) in [6.07, 6.45) is 1.10. The minimum Gasteiger partial charge on any atom is -0.351 e. The number of hydrogen-bond donors (Lipinski definition) is 1. The van der Waals surface area contributed by atoms with Crippen molar-refractivity contribution in [2.24, 2.45) is 5.73 Å². The Morgan fingerprint density at radius 1 is 1.56 bits per heavy atom. The molecule has 4 nitrogen and oxygen atoms in total. The zero-order valence-corrected chi connectivity index (χ0v) is 8.89. The van der Waals surface area contributed by atoms with Crippen molar-refractivity contribution in [3.05, 3.63) is 35.4 Å². The van der Waals surface area contributed by atoms with E-state index in [1.807, 2.05) is 24.3 Å². The topological polar surface area (TPSA) is 70.1 Å². The van der Waals surface area contributed by atoms with Crippen LogP contribution in [0.1, 0.15) is 23.6 Å². The molecule has 1 aromatic rings. The molecule has 16 heavy (non-hydrogen) atoms. The van der Waals surface area contributed by atoms with Gasteiger partial charge in [0.05, 0.1) is 18.5 Å². The molecule has 2 amide bonds. The predicted octanol–water partition coefficient (Wildman–Crippen LogP) is 1.58. The zero-order valence-electron chi connectivity index (χ0n) is 8.89. The summed E-state index contributed by atoms with van der Waals surface area (Å²) >= 11 is 0. The Morgan fingerprint density at radius 2 is 2.31 bits per heavy atom. The standard InChI is InChI=1S/C12H13N3O/c13-7-5-11-10-4-2-1-3-9(10)6-8-15(11)12(14)16/h1-4,11H,5-6,8H2,(H2,14,16)/t11-/m0/s1. The monoisotopic (exact) mass is 215 g/mol. The van der Waals surface area contributed by atoms with Gasteiger partial charge in [0.2, 0.25) is 0 Å².